The van der Waals surface area contributed by atoms with Crippen molar-refractivity contribution in [3.8, 4) is 11.5 Å². The average molecular weight is 309 g/mol. The van der Waals surface area contributed by atoms with Crippen LogP contribution >= 0.6 is 11.6 Å². The van der Waals surface area contributed by atoms with Crippen LogP contribution in [0.25, 0.3) is 0 Å². The van der Waals surface area contributed by atoms with Gasteiger partial charge in [-0.05, 0) is 23.8 Å². The third-order valence-electron chi connectivity index (χ3n) is 2.58. The fraction of sp³-hybridized carbons (Fsp3) is 0.154. The number of nitrogens with one attached hydrogen (secondary N) is 1. The number of methoxy groups -OCH3 is 1. The van der Waals surface area contributed by atoms with Crippen LogP contribution in [0.2, 0.25) is 5.02 Å². The van der Waals surface area contributed by atoms with E-state index in [0.717, 1.165) is 0 Å². The second-order valence-corrected chi connectivity index (χ2v) is 4.54. The number of rotatable bonds is 4. The zero-order valence-electron chi connectivity index (χ0n) is 11.4. The molecule has 0 fully saturated rings. The van der Waals surface area contributed by atoms with E-state index < -0.39 is 5.91 Å². The molecular weight excluding hydrogens is 296 g/mol. The highest BCUT2D eigenvalue weighted by Crippen LogP contribution is 2.25. The number of hydrogen-bond donors (Lipinski definition) is 2. The summed E-state index contributed by atoms with van der Waals surface area (Å²) < 4.78 is 6.41. The van der Waals surface area contributed by atoms with Crippen LogP contribution in [-0.2, 0) is 7.05 Å². The number of hydrogen-bond acceptors (Lipinski definition) is 5. The van der Waals surface area contributed by atoms with Gasteiger partial charge in [0.2, 0.25) is 0 Å². The summed E-state index contributed by atoms with van der Waals surface area (Å²) in [5.41, 5.74) is 3.07. The number of aromatic nitrogens is 2. The van der Waals surface area contributed by atoms with Gasteiger partial charge in [0.25, 0.3) is 5.91 Å². The molecule has 0 saturated carbocycles. The maximum atomic E-state index is 11.8. The van der Waals surface area contributed by atoms with Gasteiger partial charge < -0.3 is 9.84 Å². The number of benzene rings is 1. The second-order valence-electron chi connectivity index (χ2n) is 4.13. The van der Waals surface area contributed by atoms with E-state index in [4.69, 9.17) is 16.3 Å². The Hall–Kier alpha value is -2.54. The van der Waals surface area contributed by atoms with Crippen LogP contribution in [0.5, 0.6) is 11.5 Å². The maximum absolute atomic E-state index is 11.8. The summed E-state index contributed by atoms with van der Waals surface area (Å²) in [6.45, 7) is 0. The van der Waals surface area contributed by atoms with Crippen LogP contribution in [0.3, 0.4) is 0 Å². The van der Waals surface area contributed by atoms with Gasteiger partial charge in [0, 0.05) is 13.2 Å². The Labute approximate surface area is 125 Å². The minimum Gasteiger partial charge on any atom is -0.504 e. The minimum absolute atomic E-state index is 0.0268. The zero-order valence-corrected chi connectivity index (χ0v) is 12.1. The van der Waals surface area contributed by atoms with Gasteiger partial charge >= 0.3 is 0 Å². The fourth-order valence-electron chi connectivity index (χ4n) is 1.61. The largest absolute Gasteiger partial charge is 0.504 e. The molecule has 1 amide bonds. The van der Waals surface area contributed by atoms with Gasteiger partial charge in [0.1, 0.15) is 0 Å². The summed E-state index contributed by atoms with van der Waals surface area (Å²) in [5, 5.41) is 17.4. The van der Waals surface area contributed by atoms with E-state index in [1.54, 1.807) is 19.2 Å². The molecule has 0 unspecified atom stereocenters. The smallest absolute Gasteiger partial charge is 0.293 e. The molecule has 1 heterocycles. The Morgan fingerprint density at radius 1 is 1.57 bits per heavy atom. The van der Waals surface area contributed by atoms with E-state index >= 15 is 0 Å². The monoisotopic (exact) mass is 308 g/mol. The summed E-state index contributed by atoms with van der Waals surface area (Å²) in [6, 6.07) is 4.68. The quantitative estimate of drug-likeness (QED) is 0.662. The lowest BCUT2D eigenvalue weighted by Crippen LogP contribution is -2.18. The van der Waals surface area contributed by atoms with E-state index in [0.29, 0.717) is 11.3 Å². The van der Waals surface area contributed by atoms with Crippen molar-refractivity contribution in [2.24, 2.45) is 12.1 Å². The molecule has 0 saturated heterocycles. The average Bonchev–Trinajstić information content (AvgIpc) is 2.79. The number of halogens is 1. The number of nitrogens with zero attached hydrogens (tertiary/aromatic N) is 3. The van der Waals surface area contributed by atoms with Crippen molar-refractivity contribution in [3.63, 3.8) is 0 Å². The van der Waals surface area contributed by atoms with Crippen molar-refractivity contribution in [1.82, 2.24) is 15.2 Å². The fourth-order valence-corrected chi connectivity index (χ4v) is 1.87. The van der Waals surface area contributed by atoms with Gasteiger partial charge in [-0.25, -0.2) is 5.43 Å². The summed E-state index contributed by atoms with van der Waals surface area (Å²) in [5.74, 6) is -0.167. The molecule has 2 rings (SSSR count). The molecular formula is C13H13ClN4O3. The van der Waals surface area contributed by atoms with E-state index in [1.807, 2.05) is 0 Å². The number of ether oxygens (including phenoxy) is 1. The second kappa shape index (κ2) is 6.27. The molecule has 2 aromatic rings. The van der Waals surface area contributed by atoms with Crippen LogP contribution in [0.4, 0.5) is 0 Å². The predicted molar refractivity (Wildman–Crippen MR) is 77.9 cm³/mol. The minimum atomic E-state index is -0.511. The van der Waals surface area contributed by atoms with Crippen molar-refractivity contribution in [2.75, 3.05) is 7.11 Å². The lowest BCUT2D eigenvalue weighted by atomic mass is 10.2. The van der Waals surface area contributed by atoms with E-state index in [-0.39, 0.29) is 16.5 Å². The first-order valence-corrected chi connectivity index (χ1v) is 6.28. The highest BCUT2D eigenvalue weighted by atomic mass is 35.5. The van der Waals surface area contributed by atoms with Crippen LogP contribution in [0.1, 0.15) is 16.1 Å². The molecule has 0 aliphatic heterocycles. The molecule has 2 N–H and O–H groups in total. The summed E-state index contributed by atoms with van der Waals surface area (Å²) in [7, 11) is 3.11. The summed E-state index contributed by atoms with van der Waals surface area (Å²) in [4.78, 5) is 11.8. The molecule has 110 valence electrons. The van der Waals surface area contributed by atoms with E-state index in [2.05, 4.69) is 15.6 Å². The molecule has 1 aromatic heterocycles. The van der Waals surface area contributed by atoms with Gasteiger partial charge in [-0.15, -0.1) is 0 Å². The number of amides is 1. The molecule has 0 aliphatic rings. The Kier molecular flexibility index (Phi) is 4.44. The van der Waals surface area contributed by atoms with Gasteiger partial charge in [0.15, 0.2) is 17.2 Å². The van der Waals surface area contributed by atoms with Crippen molar-refractivity contribution in [3.05, 3.63) is 40.7 Å². The first-order chi connectivity index (χ1) is 10.0. The Bertz CT molecular complexity index is 697. The molecule has 0 aliphatic carbocycles. The predicted octanol–water partition coefficient (Wildman–Crippen LogP) is 1.55. The van der Waals surface area contributed by atoms with Crippen LogP contribution in [0, 0.1) is 0 Å². The first kappa shape index (κ1) is 14.9. The van der Waals surface area contributed by atoms with Gasteiger partial charge in [0.05, 0.1) is 18.3 Å². The van der Waals surface area contributed by atoms with Gasteiger partial charge in [-0.3, -0.25) is 9.48 Å². The molecule has 0 spiro atoms. The van der Waals surface area contributed by atoms with Crippen LogP contribution in [-0.4, -0.2) is 34.1 Å². The first-order valence-electron chi connectivity index (χ1n) is 5.91. The molecule has 1 aromatic carbocycles. The van der Waals surface area contributed by atoms with Crippen molar-refractivity contribution in [2.45, 2.75) is 0 Å². The summed E-state index contributed by atoms with van der Waals surface area (Å²) >= 11 is 5.85. The van der Waals surface area contributed by atoms with Crippen molar-refractivity contribution >= 4 is 23.7 Å². The number of phenolic OH excluding ortho intramolecular Hbond substituents is 1. The third-order valence-corrected chi connectivity index (χ3v) is 2.86. The molecule has 8 heteroatoms. The number of carbonyl (C=O) groups is 1. The molecule has 7 nitrogen and oxygen atoms in total. The Morgan fingerprint density at radius 3 is 2.95 bits per heavy atom. The maximum Gasteiger partial charge on any atom is 0.293 e. The Balaban J connectivity index is 2.05. The molecule has 0 atom stereocenters. The van der Waals surface area contributed by atoms with Gasteiger partial charge in [-0.1, -0.05) is 11.6 Å². The van der Waals surface area contributed by atoms with Crippen LogP contribution in [0.15, 0.2) is 29.5 Å². The van der Waals surface area contributed by atoms with E-state index in [9.17, 15) is 9.90 Å². The van der Waals surface area contributed by atoms with Crippen LogP contribution < -0.4 is 10.2 Å². The SMILES string of the molecule is COc1cc(C=NNC(=O)c2nn(C)cc2Cl)ccc1O. The molecule has 0 radical (unpaired) electrons. The van der Waals surface area contributed by atoms with Gasteiger partial charge in [-0.2, -0.15) is 10.2 Å². The normalized spacial score (nSPS) is 10.8. The van der Waals surface area contributed by atoms with E-state index in [1.165, 1.54) is 30.3 Å². The standard InChI is InChI=1S/C13H13ClN4O3/c1-18-7-9(14)12(17-18)13(20)16-15-6-8-3-4-10(19)11(5-8)21-2/h3-7,19H,1-2H3,(H,16,20). The number of phenols is 1. The topological polar surface area (TPSA) is 88.7 Å². The molecule has 0 bridgehead atoms. The highest BCUT2D eigenvalue weighted by Gasteiger charge is 2.13. The van der Waals surface area contributed by atoms with Crippen molar-refractivity contribution in [1.29, 1.82) is 0 Å². The number of aryl methyl sites for hydroxylation is 1. The number of carbonyl (C=O) groups excluding carboxylic acids is 1. The lowest BCUT2D eigenvalue weighted by Gasteiger charge is -2.03. The number of aromatic hydroxyl groups is 1. The molecule has 21 heavy (non-hydrogen) atoms. The Morgan fingerprint density at radius 2 is 2.33 bits per heavy atom. The lowest BCUT2D eigenvalue weighted by molar-refractivity contribution is 0.0949. The summed E-state index contributed by atoms with van der Waals surface area (Å²) in [6.07, 6.45) is 2.93. The third kappa shape index (κ3) is 3.51. The van der Waals surface area contributed by atoms with Crippen molar-refractivity contribution < 1.29 is 14.6 Å². The number of hydrazone groups is 1. The highest BCUT2D eigenvalue weighted by molar-refractivity contribution is 6.33. The zero-order chi connectivity index (χ0) is 15.4.